The molecular formula is C9H14ClF3O3S. The van der Waals surface area contributed by atoms with Crippen molar-refractivity contribution >= 4 is 21.7 Å². The van der Waals surface area contributed by atoms with Crippen LogP contribution in [0.2, 0.25) is 0 Å². The molecule has 0 bridgehead atoms. The average molecular weight is 295 g/mol. The third kappa shape index (κ3) is 5.63. The van der Waals surface area contributed by atoms with Crippen LogP contribution in [0.1, 0.15) is 39.5 Å². The van der Waals surface area contributed by atoms with Crippen LogP contribution >= 0.6 is 11.6 Å². The number of unbranched alkanes of at least 4 members (excludes halogenated alkanes) is 2. The first-order chi connectivity index (χ1) is 7.62. The van der Waals surface area contributed by atoms with Crippen molar-refractivity contribution in [1.29, 1.82) is 0 Å². The van der Waals surface area contributed by atoms with E-state index in [9.17, 15) is 21.6 Å². The highest BCUT2D eigenvalue weighted by Crippen LogP contribution is 2.28. The van der Waals surface area contributed by atoms with Gasteiger partial charge >= 0.3 is 15.6 Å². The van der Waals surface area contributed by atoms with E-state index in [1.54, 1.807) is 0 Å². The summed E-state index contributed by atoms with van der Waals surface area (Å²) >= 11 is 5.65. The molecule has 0 aliphatic heterocycles. The van der Waals surface area contributed by atoms with Crippen molar-refractivity contribution in [2.24, 2.45) is 0 Å². The number of hydrogen-bond donors (Lipinski definition) is 0. The molecule has 17 heavy (non-hydrogen) atoms. The molecule has 0 spiro atoms. The average Bonchev–Trinajstić information content (AvgIpc) is 2.15. The van der Waals surface area contributed by atoms with Crippen LogP contribution in [-0.4, -0.2) is 13.9 Å². The largest absolute Gasteiger partial charge is 0.534 e. The Morgan fingerprint density at radius 1 is 1.29 bits per heavy atom. The standard InChI is InChI=1S/C9H14ClF3O3S/c1-3-4-5-6-8(10)7(2)16-17(14,15)9(11,12)13/h3-6H2,1-2H3/b8-7-. The Hall–Kier alpha value is -0.430. The second-order valence-electron chi connectivity index (χ2n) is 3.40. The molecule has 0 N–H and O–H groups in total. The summed E-state index contributed by atoms with van der Waals surface area (Å²) in [4.78, 5) is 0. The van der Waals surface area contributed by atoms with Crippen molar-refractivity contribution < 1.29 is 25.8 Å². The third-order valence-electron chi connectivity index (χ3n) is 1.90. The van der Waals surface area contributed by atoms with E-state index >= 15 is 0 Å². The van der Waals surface area contributed by atoms with Crippen LogP contribution < -0.4 is 0 Å². The third-order valence-corrected chi connectivity index (χ3v) is 3.39. The van der Waals surface area contributed by atoms with E-state index in [1.807, 2.05) is 6.92 Å². The lowest BCUT2D eigenvalue weighted by Crippen LogP contribution is -2.25. The van der Waals surface area contributed by atoms with E-state index in [0.29, 0.717) is 12.8 Å². The van der Waals surface area contributed by atoms with Gasteiger partial charge in [0.05, 0.1) is 5.03 Å². The molecule has 0 heterocycles. The minimum absolute atomic E-state index is 0.00808. The zero-order valence-corrected chi connectivity index (χ0v) is 11.0. The van der Waals surface area contributed by atoms with Gasteiger partial charge in [-0.1, -0.05) is 31.4 Å². The summed E-state index contributed by atoms with van der Waals surface area (Å²) in [5.41, 5.74) is -5.44. The maximum absolute atomic E-state index is 12.0. The zero-order chi connectivity index (χ0) is 13.7. The van der Waals surface area contributed by atoms with E-state index in [4.69, 9.17) is 11.6 Å². The predicted molar refractivity (Wildman–Crippen MR) is 58.8 cm³/mol. The van der Waals surface area contributed by atoms with Crippen molar-refractivity contribution in [3.8, 4) is 0 Å². The smallest absolute Gasteiger partial charge is 0.380 e. The maximum atomic E-state index is 12.0. The fraction of sp³-hybridized carbons (Fsp3) is 0.778. The van der Waals surface area contributed by atoms with Crippen LogP contribution in [0.3, 0.4) is 0 Å². The van der Waals surface area contributed by atoms with Gasteiger partial charge in [-0.25, -0.2) is 0 Å². The molecule has 3 nitrogen and oxygen atoms in total. The van der Waals surface area contributed by atoms with E-state index < -0.39 is 21.4 Å². The zero-order valence-electron chi connectivity index (χ0n) is 9.47. The van der Waals surface area contributed by atoms with Crippen molar-refractivity contribution in [1.82, 2.24) is 0 Å². The summed E-state index contributed by atoms with van der Waals surface area (Å²) in [6, 6.07) is 0. The number of allylic oxidation sites excluding steroid dienone is 2. The SMILES string of the molecule is CCCCC/C(Cl)=C(\C)OS(=O)(=O)C(F)(F)F. The molecule has 0 saturated carbocycles. The molecule has 0 fully saturated rings. The first-order valence-electron chi connectivity index (χ1n) is 4.97. The van der Waals surface area contributed by atoms with Crippen LogP contribution in [-0.2, 0) is 14.3 Å². The Labute approximate surface area is 104 Å². The fourth-order valence-corrected chi connectivity index (χ4v) is 1.71. The molecule has 102 valence electrons. The summed E-state index contributed by atoms with van der Waals surface area (Å²) in [5.74, 6) is -0.430. The van der Waals surface area contributed by atoms with Gasteiger partial charge in [-0.2, -0.15) is 21.6 Å². The lowest BCUT2D eigenvalue weighted by atomic mass is 10.2. The molecule has 0 amide bonds. The van der Waals surface area contributed by atoms with Crippen molar-refractivity contribution in [3.05, 3.63) is 10.8 Å². The first-order valence-corrected chi connectivity index (χ1v) is 6.76. The second-order valence-corrected chi connectivity index (χ2v) is 5.40. The van der Waals surface area contributed by atoms with Crippen LogP contribution in [0.5, 0.6) is 0 Å². The van der Waals surface area contributed by atoms with Crippen LogP contribution in [0, 0.1) is 0 Å². The minimum Gasteiger partial charge on any atom is -0.380 e. The van der Waals surface area contributed by atoms with E-state index in [0.717, 1.165) is 19.8 Å². The highest BCUT2D eigenvalue weighted by molar-refractivity contribution is 7.87. The van der Waals surface area contributed by atoms with Gasteiger partial charge in [0.25, 0.3) is 0 Å². The first kappa shape index (κ1) is 16.6. The van der Waals surface area contributed by atoms with Gasteiger partial charge < -0.3 is 4.18 Å². The van der Waals surface area contributed by atoms with Crippen molar-refractivity contribution in [2.75, 3.05) is 0 Å². The van der Waals surface area contributed by atoms with Gasteiger partial charge in [0.2, 0.25) is 0 Å². The number of rotatable bonds is 6. The lowest BCUT2D eigenvalue weighted by molar-refractivity contribution is -0.0522. The molecule has 0 radical (unpaired) electrons. The summed E-state index contributed by atoms with van der Waals surface area (Å²) in [7, 11) is -5.61. The normalized spacial score (nSPS) is 14.5. The summed E-state index contributed by atoms with van der Waals surface area (Å²) in [6.07, 6.45) is 2.75. The molecule has 0 atom stereocenters. The molecule has 0 aliphatic rings. The fourth-order valence-electron chi connectivity index (χ4n) is 0.963. The van der Waals surface area contributed by atoms with Gasteiger partial charge in [-0.15, -0.1) is 0 Å². The minimum atomic E-state index is -5.61. The lowest BCUT2D eigenvalue weighted by Gasteiger charge is -2.11. The van der Waals surface area contributed by atoms with E-state index in [-0.39, 0.29) is 5.03 Å². The number of alkyl halides is 3. The molecule has 0 aromatic heterocycles. The van der Waals surface area contributed by atoms with Crippen LogP contribution in [0.15, 0.2) is 10.8 Å². The van der Waals surface area contributed by atoms with Crippen LogP contribution in [0.25, 0.3) is 0 Å². The molecule has 0 saturated heterocycles. The Balaban J connectivity index is 4.62. The highest BCUT2D eigenvalue weighted by Gasteiger charge is 2.48. The van der Waals surface area contributed by atoms with Crippen LogP contribution in [0.4, 0.5) is 13.2 Å². The molecule has 0 aliphatic carbocycles. The van der Waals surface area contributed by atoms with Gasteiger partial charge in [-0.3, -0.25) is 0 Å². The van der Waals surface area contributed by atoms with Gasteiger partial charge in [-0.05, 0) is 19.8 Å². The molecule has 0 unspecified atom stereocenters. The molecule has 8 heteroatoms. The van der Waals surface area contributed by atoms with Crippen molar-refractivity contribution in [3.63, 3.8) is 0 Å². The summed E-state index contributed by atoms with van der Waals surface area (Å²) < 4.78 is 61.2. The van der Waals surface area contributed by atoms with Gasteiger partial charge in [0.15, 0.2) is 0 Å². The van der Waals surface area contributed by atoms with Gasteiger partial charge in [0, 0.05) is 0 Å². The Morgan fingerprint density at radius 2 is 1.82 bits per heavy atom. The molecular weight excluding hydrogens is 281 g/mol. The maximum Gasteiger partial charge on any atom is 0.534 e. The highest BCUT2D eigenvalue weighted by atomic mass is 35.5. The molecule has 0 aromatic rings. The molecule has 0 rings (SSSR count). The summed E-state index contributed by atoms with van der Waals surface area (Å²) in [5, 5.41) is -0.00808. The molecule has 0 aromatic carbocycles. The van der Waals surface area contributed by atoms with E-state index in [1.165, 1.54) is 0 Å². The number of halogens is 4. The second kappa shape index (κ2) is 6.49. The quantitative estimate of drug-likeness (QED) is 0.323. The monoisotopic (exact) mass is 294 g/mol. The Kier molecular flexibility index (Phi) is 6.32. The Bertz CT molecular complexity index is 373. The predicted octanol–water partition coefficient (Wildman–Crippen LogP) is 3.90. The van der Waals surface area contributed by atoms with E-state index in [2.05, 4.69) is 4.18 Å². The summed E-state index contributed by atoms with van der Waals surface area (Å²) in [6.45, 7) is 3.05. The Morgan fingerprint density at radius 3 is 2.24 bits per heavy atom. The number of hydrogen-bond acceptors (Lipinski definition) is 3. The van der Waals surface area contributed by atoms with Gasteiger partial charge in [0.1, 0.15) is 5.76 Å². The van der Waals surface area contributed by atoms with Crippen molar-refractivity contribution in [2.45, 2.75) is 45.0 Å². The topological polar surface area (TPSA) is 43.4 Å².